The van der Waals surface area contributed by atoms with Gasteiger partial charge >= 0.3 is 5.97 Å². The first-order valence-electron chi connectivity index (χ1n) is 5.36. The van der Waals surface area contributed by atoms with Crippen LogP contribution >= 0.6 is 0 Å². The average Bonchev–Trinajstić information content (AvgIpc) is 2.27. The van der Waals surface area contributed by atoms with Crippen molar-refractivity contribution in [2.45, 2.75) is 26.2 Å². The van der Waals surface area contributed by atoms with Crippen LogP contribution in [0.5, 0.6) is 0 Å². The van der Waals surface area contributed by atoms with E-state index in [4.69, 9.17) is 4.74 Å². The molecule has 0 aromatic carbocycles. The Bertz CT molecular complexity index is 243. The third kappa shape index (κ3) is 10.5. The van der Waals surface area contributed by atoms with E-state index in [-0.39, 0.29) is 5.97 Å². The fraction of sp³-hybridized carbons (Fsp3) is 0.500. The normalized spacial score (nSPS) is 10.8. The largest absolute Gasteiger partial charge is 0.468 e. The second kappa shape index (κ2) is 11.5. The number of unbranched alkanes of at least 4 members (excludes halogenated alkanes) is 2. The van der Waals surface area contributed by atoms with Gasteiger partial charge in [-0.1, -0.05) is 18.2 Å². The van der Waals surface area contributed by atoms with Crippen molar-refractivity contribution in [1.29, 1.82) is 0 Å². The average molecular weight is 226 g/mol. The molecule has 0 bridgehead atoms. The van der Waals surface area contributed by atoms with Gasteiger partial charge < -0.3 is 9.47 Å². The Morgan fingerprint density at radius 3 is 2.75 bits per heavy atom. The molecular formula is C12H18O4. The van der Waals surface area contributed by atoms with Crippen LogP contribution in [-0.4, -0.2) is 25.7 Å². The number of carbonyl (C=O) groups is 2. The molecule has 0 atom stereocenters. The highest BCUT2D eigenvalue weighted by atomic mass is 16.5. The summed E-state index contributed by atoms with van der Waals surface area (Å²) in [6.45, 7) is 3.08. The Hall–Kier alpha value is -1.58. The van der Waals surface area contributed by atoms with Crippen LogP contribution in [0.15, 0.2) is 24.3 Å². The first-order valence-corrected chi connectivity index (χ1v) is 5.36. The maximum atomic E-state index is 10.9. The van der Waals surface area contributed by atoms with Crippen molar-refractivity contribution in [1.82, 2.24) is 0 Å². The van der Waals surface area contributed by atoms with Crippen molar-refractivity contribution in [3.8, 4) is 0 Å². The second-order valence-corrected chi connectivity index (χ2v) is 3.00. The van der Waals surface area contributed by atoms with Gasteiger partial charge in [0.15, 0.2) is 0 Å². The van der Waals surface area contributed by atoms with E-state index in [0.29, 0.717) is 19.7 Å². The SMILES string of the molecule is CCOC(=O)/C=C/C=C/CCCCOC=O. The Morgan fingerprint density at radius 2 is 2.06 bits per heavy atom. The number of hydrogen-bond donors (Lipinski definition) is 0. The van der Waals surface area contributed by atoms with Gasteiger partial charge in [0, 0.05) is 6.08 Å². The van der Waals surface area contributed by atoms with Crippen LogP contribution in [0.25, 0.3) is 0 Å². The van der Waals surface area contributed by atoms with E-state index in [1.54, 1.807) is 19.1 Å². The van der Waals surface area contributed by atoms with E-state index in [0.717, 1.165) is 19.3 Å². The van der Waals surface area contributed by atoms with E-state index in [1.165, 1.54) is 6.08 Å². The van der Waals surface area contributed by atoms with Gasteiger partial charge in [-0.2, -0.15) is 0 Å². The van der Waals surface area contributed by atoms with E-state index < -0.39 is 0 Å². The molecule has 4 nitrogen and oxygen atoms in total. The van der Waals surface area contributed by atoms with Gasteiger partial charge in [0.25, 0.3) is 6.47 Å². The maximum absolute atomic E-state index is 10.9. The molecule has 0 fully saturated rings. The van der Waals surface area contributed by atoms with E-state index in [1.807, 2.05) is 6.08 Å². The van der Waals surface area contributed by atoms with Gasteiger partial charge in [0.1, 0.15) is 0 Å². The second-order valence-electron chi connectivity index (χ2n) is 3.00. The molecule has 0 amide bonds. The number of esters is 1. The molecule has 0 heterocycles. The highest BCUT2D eigenvalue weighted by Crippen LogP contribution is 1.97. The van der Waals surface area contributed by atoms with Crippen molar-refractivity contribution < 1.29 is 19.1 Å². The van der Waals surface area contributed by atoms with E-state index >= 15 is 0 Å². The Labute approximate surface area is 95.9 Å². The van der Waals surface area contributed by atoms with Gasteiger partial charge in [-0.3, -0.25) is 4.79 Å². The van der Waals surface area contributed by atoms with Crippen molar-refractivity contribution in [3.05, 3.63) is 24.3 Å². The van der Waals surface area contributed by atoms with Gasteiger partial charge in [-0.25, -0.2) is 4.79 Å². The molecule has 0 rings (SSSR count). The Balaban J connectivity index is 3.40. The van der Waals surface area contributed by atoms with Crippen molar-refractivity contribution in [2.75, 3.05) is 13.2 Å². The van der Waals surface area contributed by atoms with Crippen LogP contribution in [0, 0.1) is 0 Å². The van der Waals surface area contributed by atoms with Crippen LogP contribution in [0.1, 0.15) is 26.2 Å². The molecule has 16 heavy (non-hydrogen) atoms. The summed E-state index contributed by atoms with van der Waals surface area (Å²) in [5.74, 6) is -0.327. The summed E-state index contributed by atoms with van der Waals surface area (Å²) in [6.07, 6.45) is 9.50. The summed E-state index contributed by atoms with van der Waals surface area (Å²) in [5.41, 5.74) is 0. The summed E-state index contributed by atoms with van der Waals surface area (Å²) >= 11 is 0. The highest BCUT2D eigenvalue weighted by Gasteiger charge is 1.90. The number of rotatable bonds is 9. The third-order valence-electron chi connectivity index (χ3n) is 1.72. The molecule has 0 aliphatic rings. The molecule has 0 aromatic heterocycles. The number of allylic oxidation sites excluding steroid dienone is 3. The van der Waals surface area contributed by atoms with Crippen molar-refractivity contribution in [3.63, 3.8) is 0 Å². The predicted octanol–water partition coefficient (Wildman–Crippen LogP) is 2.01. The monoisotopic (exact) mass is 226 g/mol. The van der Waals surface area contributed by atoms with Crippen LogP contribution in [0.3, 0.4) is 0 Å². The van der Waals surface area contributed by atoms with E-state index in [9.17, 15) is 9.59 Å². The van der Waals surface area contributed by atoms with E-state index in [2.05, 4.69) is 4.74 Å². The molecule has 0 saturated carbocycles. The lowest BCUT2D eigenvalue weighted by Crippen LogP contribution is -1.98. The van der Waals surface area contributed by atoms with Crippen LogP contribution in [0.2, 0.25) is 0 Å². The summed E-state index contributed by atoms with van der Waals surface area (Å²) in [7, 11) is 0. The molecule has 0 unspecified atom stereocenters. The Kier molecular flexibility index (Phi) is 10.4. The number of ether oxygens (including phenoxy) is 2. The molecule has 0 radical (unpaired) electrons. The molecule has 0 aromatic rings. The van der Waals surface area contributed by atoms with Gasteiger partial charge in [-0.15, -0.1) is 0 Å². The predicted molar refractivity (Wildman–Crippen MR) is 60.8 cm³/mol. The summed E-state index contributed by atoms with van der Waals surface area (Å²) in [6, 6.07) is 0. The zero-order chi connectivity index (χ0) is 12.1. The summed E-state index contributed by atoms with van der Waals surface area (Å²) in [5, 5.41) is 0. The fourth-order valence-corrected chi connectivity index (χ4v) is 0.995. The lowest BCUT2D eigenvalue weighted by Gasteiger charge is -1.95. The van der Waals surface area contributed by atoms with Crippen LogP contribution in [0.4, 0.5) is 0 Å². The van der Waals surface area contributed by atoms with Crippen LogP contribution in [-0.2, 0) is 19.1 Å². The zero-order valence-electron chi connectivity index (χ0n) is 9.56. The highest BCUT2D eigenvalue weighted by molar-refractivity contribution is 5.82. The minimum atomic E-state index is -0.327. The molecule has 0 saturated heterocycles. The van der Waals surface area contributed by atoms with Gasteiger partial charge in [-0.05, 0) is 26.2 Å². The molecule has 0 aliphatic carbocycles. The lowest BCUT2D eigenvalue weighted by molar-refractivity contribution is -0.137. The fourth-order valence-electron chi connectivity index (χ4n) is 0.995. The molecule has 4 heteroatoms. The molecule has 0 spiro atoms. The third-order valence-corrected chi connectivity index (χ3v) is 1.72. The smallest absolute Gasteiger partial charge is 0.330 e. The zero-order valence-corrected chi connectivity index (χ0v) is 9.56. The molecule has 0 aliphatic heterocycles. The first-order chi connectivity index (χ1) is 7.81. The van der Waals surface area contributed by atoms with Gasteiger partial charge in [0.2, 0.25) is 0 Å². The number of carbonyl (C=O) groups excluding carboxylic acids is 2. The molecule has 90 valence electrons. The number of hydrogen-bond acceptors (Lipinski definition) is 4. The van der Waals surface area contributed by atoms with Crippen LogP contribution < -0.4 is 0 Å². The van der Waals surface area contributed by atoms with Gasteiger partial charge in [0.05, 0.1) is 13.2 Å². The van der Waals surface area contributed by atoms with Crippen molar-refractivity contribution >= 4 is 12.4 Å². The quantitative estimate of drug-likeness (QED) is 0.198. The maximum Gasteiger partial charge on any atom is 0.330 e. The Morgan fingerprint density at radius 1 is 1.25 bits per heavy atom. The summed E-state index contributed by atoms with van der Waals surface area (Å²) in [4.78, 5) is 20.7. The lowest BCUT2D eigenvalue weighted by atomic mass is 10.2. The molecule has 0 N–H and O–H groups in total. The van der Waals surface area contributed by atoms with Crippen molar-refractivity contribution in [2.24, 2.45) is 0 Å². The topological polar surface area (TPSA) is 52.6 Å². The molecular weight excluding hydrogens is 208 g/mol. The first kappa shape index (κ1) is 14.4. The summed E-state index contributed by atoms with van der Waals surface area (Å²) < 4.78 is 9.24. The minimum absolute atomic E-state index is 0.327. The minimum Gasteiger partial charge on any atom is -0.468 e. The standard InChI is InChI=1S/C12H18O4/c1-2-16-12(14)9-7-5-3-4-6-8-10-15-11-13/h3,5,7,9,11H,2,4,6,8,10H2,1H3/b5-3+,9-7+.